The summed E-state index contributed by atoms with van der Waals surface area (Å²) in [6, 6.07) is 2.44. The summed E-state index contributed by atoms with van der Waals surface area (Å²) in [4.78, 5) is 34.7. The van der Waals surface area contributed by atoms with Gasteiger partial charge in [-0.3, -0.25) is 25.2 Å². The lowest BCUT2D eigenvalue weighted by atomic mass is 10.2. The number of methoxy groups -OCH3 is 1. The molecule has 0 aliphatic heterocycles. The highest BCUT2D eigenvalue weighted by atomic mass is 35.5. The zero-order valence-electron chi connectivity index (χ0n) is 12.1. The van der Waals surface area contributed by atoms with Gasteiger partial charge in [-0.05, 0) is 26.0 Å². The van der Waals surface area contributed by atoms with Gasteiger partial charge in [0.05, 0.1) is 17.2 Å². The van der Waals surface area contributed by atoms with Crippen LogP contribution in [0.5, 0.6) is 5.75 Å². The summed E-state index contributed by atoms with van der Waals surface area (Å²) in [7, 11) is 1.39. The quantitative estimate of drug-likeness (QED) is 0.566. The van der Waals surface area contributed by atoms with E-state index in [1.54, 1.807) is 13.8 Å². The number of halogens is 2. The smallest absolute Gasteiger partial charge is 0.327 e. The van der Waals surface area contributed by atoms with E-state index in [-0.39, 0.29) is 27.4 Å². The lowest BCUT2D eigenvalue weighted by Crippen LogP contribution is -2.49. The molecule has 1 aromatic carbocycles. The van der Waals surface area contributed by atoms with Crippen LogP contribution in [0.1, 0.15) is 24.2 Å². The number of carbonyl (C=O) groups is 3. The number of amides is 3. The second kappa shape index (κ2) is 7.86. The van der Waals surface area contributed by atoms with Crippen molar-refractivity contribution in [3.8, 4) is 5.75 Å². The van der Waals surface area contributed by atoms with Crippen LogP contribution in [0.3, 0.4) is 0 Å². The van der Waals surface area contributed by atoms with E-state index in [9.17, 15) is 14.4 Å². The number of carbonyl (C=O) groups excluding carboxylic acids is 3. The highest BCUT2D eigenvalue weighted by Gasteiger charge is 2.17. The van der Waals surface area contributed by atoms with Crippen LogP contribution in [0.2, 0.25) is 10.0 Å². The van der Waals surface area contributed by atoms with E-state index in [1.165, 1.54) is 19.2 Å². The van der Waals surface area contributed by atoms with E-state index in [4.69, 9.17) is 27.9 Å². The molecule has 9 heteroatoms. The number of nitrogens with one attached hydrogen (secondary N) is 3. The summed E-state index contributed by atoms with van der Waals surface area (Å²) < 4.78 is 4.96. The van der Waals surface area contributed by atoms with E-state index in [2.05, 4.69) is 10.7 Å². The molecule has 3 N–H and O–H groups in total. The Morgan fingerprint density at radius 2 is 1.59 bits per heavy atom. The van der Waals surface area contributed by atoms with Crippen molar-refractivity contribution in [2.45, 2.75) is 19.9 Å². The molecule has 0 spiro atoms. The van der Waals surface area contributed by atoms with Crippen LogP contribution in [0, 0.1) is 0 Å². The molecule has 0 saturated carbocycles. The topological polar surface area (TPSA) is 96.5 Å². The van der Waals surface area contributed by atoms with Gasteiger partial charge in [0.15, 0.2) is 5.75 Å². The Labute approximate surface area is 137 Å². The third-order valence-electron chi connectivity index (χ3n) is 2.38. The number of hydrazine groups is 1. The van der Waals surface area contributed by atoms with Crippen LogP contribution in [0.25, 0.3) is 0 Å². The minimum Gasteiger partial charge on any atom is -0.494 e. The highest BCUT2D eigenvalue weighted by Crippen LogP contribution is 2.33. The molecule has 3 amide bonds. The molecule has 0 heterocycles. The van der Waals surface area contributed by atoms with Crippen molar-refractivity contribution in [1.82, 2.24) is 16.2 Å². The maximum absolute atomic E-state index is 11.9. The molecule has 1 aromatic rings. The Hall–Kier alpha value is -1.99. The molecular weight excluding hydrogens is 333 g/mol. The fourth-order valence-electron chi connectivity index (χ4n) is 1.46. The first-order valence-corrected chi connectivity index (χ1v) is 6.96. The average Bonchev–Trinajstić information content (AvgIpc) is 2.43. The van der Waals surface area contributed by atoms with Crippen LogP contribution in [-0.4, -0.2) is 30.9 Å². The molecule has 1 rings (SSSR count). The Bertz CT molecular complexity index is 582. The first kappa shape index (κ1) is 18.1. The summed E-state index contributed by atoms with van der Waals surface area (Å²) in [6.45, 7) is 3.40. The number of hydrogen-bond acceptors (Lipinski definition) is 4. The molecule has 0 unspecified atom stereocenters. The van der Waals surface area contributed by atoms with Gasteiger partial charge in [0.1, 0.15) is 0 Å². The maximum Gasteiger partial charge on any atom is 0.327 e. The summed E-state index contributed by atoms with van der Waals surface area (Å²) in [5.41, 5.74) is 4.17. The standard InChI is InChI=1S/C13H15Cl2N3O4/c1-6(2)16-12(20)13(21)18-17-11(19)7-4-8(14)10(22-3)9(15)5-7/h4-6H,1-3H3,(H,16,20)(H,17,19)(H,18,21). The van der Waals surface area contributed by atoms with Gasteiger partial charge in [0.25, 0.3) is 5.91 Å². The summed E-state index contributed by atoms with van der Waals surface area (Å²) in [5, 5.41) is 2.66. The normalized spacial score (nSPS) is 10.1. The average molecular weight is 348 g/mol. The van der Waals surface area contributed by atoms with Gasteiger partial charge in [0.2, 0.25) is 0 Å². The molecule has 0 aromatic heterocycles. The highest BCUT2D eigenvalue weighted by molar-refractivity contribution is 6.38. The summed E-state index contributed by atoms with van der Waals surface area (Å²) >= 11 is 11.8. The lowest BCUT2D eigenvalue weighted by molar-refractivity contribution is -0.139. The SMILES string of the molecule is COc1c(Cl)cc(C(=O)NNC(=O)C(=O)NC(C)C)cc1Cl. The van der Waals surface area contributed by atoms with Crippen molar-refractivity contribution in [3.05, 3.63) is 27.7 Å². The van der Waals surface area contributed by atoms with Gasteiger partial charge >= 0.3 is 11.8 Å². The molecule has 120 valence electrons. The molecular formula is C13H15Cl2N3O4. The van der Waals surface area contributed by atoms with E-state index in [0.29, 0.717) is 0 Å². The summed E-state index contributed by atoms with van der Waals surface area (Å²) in [6.07, 6.45) is 0. The number of hydrogen-bond donors (Lipinski definition) is 3. The van der Waals surface area contributed by atoms with Gasteiger partial charge in [0, 0.05) is 11.6 Å². The van der Waals surface area contributed by atoms with E-state index < -0.39 is 17.7 Å². The molecule has 0 fully saturated rings. The fraction of sp³-hybridized carbons (Fsp3) is 0.308. The predicted octanol–water partition coefficient (Wildman–Crippen LogP) is 1.29. The predicted molar refractivity (Wildman–Crippen MR) is 81.9 cm³/mol. The molecule has 0 aliphatic carbocycles. The van der Waals surface area contributed by atoms with Crippen molar-refractivity contribution in [2.24, 2.45) is 0 Å². The van der Waals surface area contributed by atoms with Gasteiger partial charge in [-0.25, -0.2) is 0 Å². The van der Waals surface area contributed by atoms with Gasteiger partial charge < -0.3 is 10.1 Å². The van der Waals surface area contributed by atoms with Crippen LogP contribution in [0.4, 0.5) is 0 Å². The minimum absolute atomic E-state index is 0.0976. The molecule has 22 heavy (non-hydrogen) atoms. The van der Waals surface area contributed by atoms with E-state index in [1.807, 2.05) is 5.43 Å². The first-order valence-electron chi connectivity index (χ1n) is 6.20. The Morgan fingerprint density at radius 1 is 1.05 bits per heavy atom. The number of rotatable bonds is 3. The Balaban J connectivity index is 2.70. The third-order valence-corrected chi connectivity index (χ3v) is 2.94. The van der Waals surface area contributed by atoms with E-state index in [0.717, 1.165) is 0 Å². The molecule has 0 aliphatic rings. The largest absolute Gasteiger partial charge is 0.494 e. The van der Waals surface area contributed by atoms with Crippen LogP contribution in [-0.2, 0) is 9.59 Å². The van der Waals surface area contributed by atoms with Gasteiger partial charge in [-0.1, -0.05) is 23.2 Å². The number of benzene rings is 1. The lowest BCUT2D eigenvalue weighted by Gasteiger charge is -2.11. The Kier molecular flexibility index (Phi) is 6.45. The monoisotopic (exact) mass is 347 g/mol. The van der Waals surface area contributed by atoms with Gasteiger partial charge in [-0.2, -0.15) is 0 Å². The van der Waals surface area contributed by atoms with Crippen LogP contribution < -0.4 is 20.9 Å². The van der Waals surface area contributed by atoms with Crippen molar-refractivity contribution in [3.63, 3.8) is 0 Å². The fourth-order valence-corrected chi connectivity index (χ4v) is 2.10. The first-order chi connectivity index (χ1) is 10.3. The Morgan fingerprint density at radius 3 is 2.05 bits per heavy atom. The molecule has 7 nitrogen and oxygen atoms in total. The maximum atomic E-state index is 11.9. The molecule has 0 radical (unpaired) electrons. The van der Waals surface area contributed by atoms with Crippen LogP contribution >= 0.6 is 23.2 Å². The third kappa shape index (κ3) is 4.78. The second-order valence-electron chi connectivity index (χ2n) is 4.51. The zero-order chi connectivity index (χ0) is 16.9. The summed E-state index contributed by atoms with van der Waals surface area (Å²) in [5.74, 6) is -2.30. The van der Waals surface area contributed by atoms with Crippen molar-refractivity contribution >= 4 is 40.9 Å². The molecule has 0 bridgehead atoms. The van der Waals surface area contributed by atoms with Gasteiger partial charge in [-0.15, -0.1) is 0 Å². The van der Waals surface area contributed by atoms with Crippen molar-refractivity contribution in [1.29, 1.82) is 0 Å². The second-order valence-corrected chi connectivity index (χ2v) is 5.32. The van der Waals surface area contributed by atoms with Crippen LogP contribution in [0.15, 0.2) is 12.1 Å². The number of ether oxygens (including phenoxy) is 1. The molecule has 0 atom stereocenters. The van der Waals surface area contributed by atoms with Crippen molar-refractivity contribution < 1.29 is 19.1 Å². The minimum atomic E-state index is -0.993. The van der Waals surface area contributed by atoms with E-state index >= 15 is 0 Å². The van der Waals surface area contributed by atoms with Crippen molar-refractivity contribution in [2.75, 3.05) is 7.11 Å². The molecule has 0 saturated heterocycles. The zero-order valence-corrected chi connectivity index (χ0v) is 13.6.